The maximum Gasteiger partial charge on any atom is 0.408 e. The molecule has 21 heavy (non-hydrogen) atoms. The molecule has 2 rings (SSSR count). The third-order valence-electron chi connectivity index (χ3n) is 3.19. The zero-order valence-corrected chi connectivity index (χ0v) is 12.7. The summed E-state index contributed by atoms with van der Waals surface area (Å²) in [4.78, 5) is 12.3. The number of hydrogen-bond donors (Lipinski definition) is 2. The molecule has 1 heterocycles. The number of sulfonamides is 1. The minimum absolute atomic E-state index is 0.209. The van der Waals surface area contributed by atoms with Gasteiger partial charge < -0.3 is 5.11 Å². The highest BCUT2D eigenvalue weighted by Crippen LogP contribution is 2.34. The average molecular weight is 334 g/mol. The second kappa shape index (κ2) is 6.20. The second-order valence-electron chi connectivity index (χ2n) is 4.68. The Morgan fingerprint density at radius 2 is 2.14 bits per heavy atom. The summed E-state index contributed by atoms with van der Waals surface area (Å²) >= 11 is 1.08. The number of piperidine rings is 1. The zero-order valence-electron chi connectivity index (χ0n) is 11.0. The molecule has 0 saturated carbocycles. The van der Waals surface area contributed by atoms with Crippen LogP contribution in [-0.4, -0.2) is 36.4 Å². The number of carboxylic acid groups (broad SMARTS) is 1. The van der Waals surface area contributed by atoms with E-state index in [1.54, 1.807) is 0 Å². The molecule has 1 saturated heterocycles. The molecular weight excluding hydrogens is 319 g/mol. The van der Waals surface area contributed by atoms with Crippen LogP contribution in [0.2, 0.25) is 0 Å². The number of nitrogens with zero attached hydrogens (tertiary/aromatic N) is 1. The third-order valence-corrected chi connectivity index (χ3v) is 5.45. The molecule has 1 fully saturated rings. The second-order valence-corrected chi connectivity index (χ2v) is 7.46. The van der Waals surface area contributed by atoms with Crippen LogP contribution in [0.3, 0.4) is 0 Å². The van der Waals surface area contributed by atoms with Gasteiger partial charge in [-0.05, 0) is 37.5 Å². The molecule has 6 nitrogen and oxygen atoms in total. The van der Waals surface area contributed by atoms with Crippen LogP contribution in [0.5, 0.6) is 0 Å². The van der Waals surface area contributed by atoms with Gasteiger partial charge in [-0.25, -0.2) is 22.7 Å². The van der Waals surface area contributed by atoms with Crippen molar-refractivity contribution in [2.24, 2.45) is 5.14 Å². The summed E-state index contributed by atoms with van der Waals surface area (Å²) in [6.07, 6.45) is 1.26. The maximum atomic E-state index is 14.0. The molecule has 1 amide bonds. The fourth-order valence-corrected chi connectivity index (χ4v) is 3.89. The van der Waals surface area contributed by atoms with Gasteiger partial charge in [-0.2, -0.15) is 0 Å². The first-order valence-electron chi connectivity index (χ1n) is 6.27. The predicted octanol–water partition coefficient (Wildman–Crippen LogP) is 2.06. The standard InChI is InChI=1S/C12H15FN2O4S2/c13-9-7-8(21(14,18)19)4-5-10(9)20-11-3-1-2-6-15(11)12(16)17/h4-5,7,11H,1-3,6H2,(H,16,17)(H2,14,18,19). The van der Waals surface area contributed by atoms with Crippen molar-refractivity contribution >= 4 is 27.9 Å². The number of carbonyl (C=O) groups is 1. The van der Waals surface area contributed by atoms with Crippen molar-refractivity contribution in [3.05, 3.63) is 24.0 Å². The molecule has 0 aromatic heterocycles. The molecule has 0 aliphatic carbocycles. The van der Waals surface area contributed by atoms with Crippen LogP contribution in [0.1, 0.15) is 19.3 Å². The first-order valence-corrected chi connectivity index (χ1v) is 8.70. The molecule has 0 radical (unpaired) electrons. The SMILES string of the molecule is NS(=O)(=O)c1ccc(SC2CCCCN2C(=O)O)c(F)c1. The minimum atomic E-state index is -3.95. The van der Waals surface area contributed by atoms with E-state index in [9.17, 15) is 17.6 Å². The van der Waals surface area contributed by atoms with E-state index >= 15 is 0 Å². The Hall–Kier alpha value is -1.32. The Morgan fingerprint density at radius 1 is 1.43 bits per heavy atom. The van der Waals surface area contributed by atoms with E-state index in [2.05, 4.69) is 0 Å². The fraction of sp³-hybridized carbons (Fsp3) is 0.417. The summed E-state index contributed by atoms with van der Waals surface area (Å²) in [6.45, 7) is 0.421. The van der Waals surface area contributed by atoms with Gasteiger partial charge in [0.15, 0.2) is 0 Å². The summed E-state index contributed by atoms with van der Waals surface area (Å²) in [7, 11) is -3.95. The van der Waals surface area contributed by atoms with Crippen molar-refractivity contribution in [1.29, 1.82) is 0 Å². The number of hydrogen-bond acceptors (Lipinski definition) is 4. The largest absolute Gasteiger partial charge is 0.465 e. The quantitative estimate of drug-likeness (QED) is 0.881. The molecule has 1 aromatic rings. The smallest absolute Gasteiger partial charge is 0.408 e. The monoisotopic (exact) mass is 334 g/mol. The van der Waals surface area contributed by atoms with Gasteiger partial charge in [0.2, 0.25) is 10.0 Å². The molecule has 9 heteroatoms. The van der Waals surface area contributed by atoms with E-state index in [1.807, 2.05) is 0 Å². The third kappa shape index (κ3) is 3.86. The average Bonchev–Trinajstić information content (AvgIpc) is 2.40. The summed E-state index contributed by atoms with van der Waals surface area (Å²) in [5.41, 5.74) is 0. The lowest BCUT2D eigenvalue weighted by Crippen LogP contribution is -2.41. The van der Waals surface area contributed by atoms with Crippen LogP contribution >= 0.6 is 11.8 Å². The Kier molecular flexibility index (Phi) is 4.74. The Morgan fingerprint density at radius 3 is 2.71 bits per heavy atom. The molecule has 1 aromatic carbocycles. The van der Waals surface area contributed by atoms with Crippen molar-refractivity contribution in [2.75, 3.05) is 6.54 Å². The van der Waals surface area contributed by atoms with Gasteiger partial charge in [0.05, 0.1) is 10.3 Å². The number of thioether (sulfide) groups is 1. The lowest BCUT2D eigenvalue weighted by atomic mass is 10.1. The number of nitrogens with two attached hydrogens (primary N) is 1. The molecule has 0 bridgehead atoms. The van der Waals surface area contributed by atoms with E-state index in [0.29, 0.717) is 13.0 Å². The number of amides is 1. The molecule has 1 aliphatic rings. The lowest BCUT2D eigenvalue weighted by Gasteiger charge is -2.32. The topological polar surface area (TPSA) is 101 Å². The van der Waals surface area contributed by atoms with E-state index in [4.69, 9.17) is 10.2 Å². The van der Waals surface area contributed by atoms with Gasteiger partial charge in [0, 0.05) is 11.4 Å². The maximum absolute atomic E-state index is 14.0. The van der Waals surface area contributed by atoms with E-state index in [0.717, 1.165) is 30.7 Å². The van der Waals surface area contributed by atoms with Crippen molar-refractivity contribution < 1.29 is 22.7 Å². The van der Waals surface area contributed by atoms with Gasteiger partial charge in [-0.15, -0.1) is 0 Å². The van der Waals surface area contributed by atoms with Gasteiger partial charge in [0.1, 0.15) is 5.82 Å². The number of halogens is 1. The predicted molar refractivity (Wildman–Crippen MR) is 76.0 cm³/mol. The Bertz CT molecular complexity index is 651. The summed E-state index contributed by atoms with van der Waals surface area (Å²) in [5, 5.41) is 13.7. The van der Waals surface area contributed by atoms with Crippen molar-refractivity contribution in [3.8, 4) is 0 Å². The number of benzene rings is 1. The molecule has 3 N–H and O–H groups in total. The molecular formula is C12H15FN2O4S2. The summed E-state index contributed by atoms with van der Waals surface area (Å²) < 4.78 is 36.2. The Balaban J connectivity index is 2.21. The highest BCUT2D eigenvalue weighted by Gasteiger charge is 2.28. The van der Waals surface area contributed by atoms with Crippen LogP contribution in [0.15, 0.2) is 28.0 Å². The zero-order chi connectivity index (χ0) is 15.6. The lowest BCUT2D eigenvalue weighted by molar-refractivity contribution is 0.129. The van der Waals surface area contributed by atoms with Gasteiger partial charge in [-0.3, -0.25) is 4.90 Å². The highest BCUT2D eigenvalue weighted by atomic mass is 32.2. The van der Waals surface area contributed by atoms with Crippen molar-refractivity contribution in [2.45, 2.75) is 34.4 Å². The summed E-state index contributed by atoms with van der Waals surface area (Å²) in [5.74, 6) is -0.720. The minimum Gasteiger partial charge on any atom is -0.465 e. The molecule has 0 spiro atoms. The van der Waals surface area contributed by atoms with Gasteiger partial charge in [-0.1, -0.05) is 11.8 Å². The Labute approximate surface area is 126 Å². The number of likely N-dealkylation sites (tertiary alicyclic amines) is 1. The van der Waals surface area contributed by atoms with Crippen LogP contribution in [0.4, 0.5) is 9.18 Å². The van der Waals surface area contributed by atoms with Gasteiger partial charge in [0.25, 0.3) is 0 Å². The van der Waals surface area contributed by atoms with E-state index in [-0.39, 0.29) is 15.2 Å². The molecule has 1 atom stereocenters. The molecule has 116 valence electrons. The number of rotatable bonds is 3. The normalized spacial score (nSPS) is 19.5. The van der Waals surface area contributed by atoms with Crippen molar-refractivity contribution in [3.63, 3.8) is 0 Å². The first-order chi connectivity index (χ1) is 9.79. The van der Waals surface area contributed by atoms with Crippen molar-refractivity contribution in [1.82, 2.24) is 4.90 Å². The highest BCUT2D eigenvalue weighted by molar-refractivity contribution is 8.00. The fourth-order valence-electron chi connectivity index (χ4n) is 2.14. The van der Waals surface area contributed by atoms with Crippen LogP contribution in [0.25, 0.3) is 0 Å². The molecule has 1 aliphatic heterocycles. The van der Waals surface area contributed by atoms with Crippen LogP contribution < -0.4 is 5.14 Å². The van der Waals surface area contributed by atoms with Crippen LogP contribution in [0, 0.1) is 5.82 Å². The molecule has 1 unspecified atom stereocenters. The van der Waals surface area contributed by atoms with Crippen LogP contribution in [-0.2, 0) is 10.0 Å². The summed E-state index contributed by atoms with van der Waals surface area (Å²) in [6, 6.07) is 3.38. The first kappa shape index (κ1) is 16.1. The number of primary sulfonamides is 1. The van der Waals surface area contributed by atoms with Gasteiger partial charge >= 0.3 is 6.09 Å². The van der Waals surface area contributed by atoms with E-state index in [1.165, 1.54) is 17.0 Å². The van der Waals surface area contributed by atoms with E-state index < -0.39 is 21.9 Å².